The minimum Gasteiger partial charge on any atom is -0.271 e. The van der Waals surface area contributed by atoms with Crippen LogP contribution in [0.15, 0.2) is 16.6 Å². The van der Waals surface area contributed by atoms with E-state index in [-0.39, 0.29) is 10.5 Å². The predicted octanol–water partition coefficient (Wildman–Crippen LogP) is 2.89. The van der Waals surface area contributed by atoms with Gasteiger partial charge < -0.3 is 0 Å². The highest BCUT2D eigenvalue weighted by Crippen LogP contribution is 2.25. The molecule has 0 aliphatic heterocycles. The fourth-order valence-electron chi connectivity index (χ4n) is 1.24. The lowest BCUT2D eigenvalue weighted by Crippen LogP contribution is -2.37. The van der Waals surface area contributed by atoms with E-state index in [1.165, 1.54) is 23.5 Å². The second-order valence-electron chi connectivity index (χ2n) is 4.30. The van der Waals surface area contributed by atoms with Crippen LogP contribution in [0.3, 0.4) is 0 Å². The monoisotopic (exact) mass is 338 g/mol. The van der Waals surface area contributed by atoms with Crippen molar-refractivity contribution < 1.29 is 12.8 Å². The molecule has 0 aliphatic carbocycles. The van der Waals surface area contributed by atoms with Gasteiger partial charge in [0.05, 0.1) is 10.2 Å². The fraction of sp³-hybridized carbons (Fsp3) is 0.455. The van der Waals surface area contributed by atoms with Gasteiger partial charge in [-0.3, -0.25) is 4.72 Å². The minimum absolute atomic E-state index is 0.160. The van der Waals surface area contributed by atoms with Crippen molar-refractivity contribution in [3.05, 3.63) is 28.0 Å². The number of benzene rings is 1. The van der Waals surface area contributed by atoms with Crippen molar-refractivity contribution >= 4 is 31.8 Å². The fourth-order valence-corrected chi connectivity index (χ4v) is 2.79. The zero-order chi connectivity index (χ0) is 14.1. The quantitative estimate of drug-likeness (QED) is 0.917. The molecule has 0 aromatic heterocycles. The van der Waals surface area contributed by atoms with Crippen LogP contribution in [-0.2, 0) is 10.2 Å². The molecule has 0 heterocycles. The highest BCUT2D eigenvalue weighted by Gasteiger charge is 2.21. The third-order valence-electron chi connectivity index (χ3n) is 2.61. The third kappa shape index (κ3) is 3.43. The summed E-state index contributed by atoms with van der Waals surface area (Å²) in [7, 11) is -2.14. The summed E-state index contributed by atoms with van der Waals surface area (Å²) in [5.41, 5.74) is 0.882. The van der Waals surface area contributed by atoms with Crippen molar-refractivity contribution in [3.63, 3.8) is 0 Å². The molecule has 0 unspecified atom stereocenters. The maximum absolute atomic E-state index is 13.2. The van der Waals surface area contributed by atoms with Gasteiger partial charge in [0.15, 0.2) is 0 Å². The summed E-state index contributed by atoms with van der Waals surface area (Å²) in [4.78, 5) is 0. The van der Waals surface area contributed by atoms with Gasteiger partial charge >= 0.3 is 10.2 Å². The van der Waals surface area contributed by atoms with Crippen LogP contribution < -0.4 is 4.72 Å². The summed E-state index contributed by atoms with van der Waals surface area (Å²) >= 11 is 3.03. The smallest absolute Gasteiger partial charge is 0.271 e. The second kappa shape index (κ2) is 5.54. The van der Waals surface area contributed by atoms with Crippen molar-refractivity contribution in [2.75, 3.05) is 11.8 Å². The maximum atomic E-state index is 13.2. The molecule has 1 N–H and O–H groups in total. The lowest BCUT2D eigenvalue weighted by molar-refractivity contribution is 0.414. The second-order valence-corrected chi connectivity index (χ2v) is 6.88. The summed E-state index contributed by atoms with van der Waals surface area (Å²) in [6.07, 6.45) is 0. The number of hydrogen-bond acceptors (Lipinski definition) is 2. The molecule has 1 rings (SSSR count). The molecule has 0 radical (unpaired) electrons. The zero-order valence-electron chi connectivity index (χ0n) is 10.7. The first-order valence-corrected chi connectivity index (χ1v) is 7.60. The van der Waals surface area contributed by atoms with E-state index in [1.54, 1.807) is 20.8 Å². The van der Waals surface area contributed by atoms with Gasteiger partial charge in [-0.25, -0.2) is 4.39 Å². The SMILES string of the molecule is Cc1cc(F)c(Br)cc1NS(=O)(=O)N(C)C(C)C. The average Bonchev–Trinajstić information content (AvgIpc) is 2.24. The Morgan fingerprint density at radius 1 is 1.39 bits per heavy atom. The lowest BCUT2D eigenvalue weighted by Gasteiger charge is -2.22. The number of nitrogens with zero attached hydrogens (tertiary/aromatic N) is 1. The van der Waals surface area contributed by atoms with E-state index in [0.717, 1.165) is 0 Å². The highest BCUT2D eigenvalue weighted by atomic mass is 79.9. The topological polar surface area (TPSA) is 49.4 Å². The summed E-state index contributed by atoms with van der Waals surface area (Å²) < 4.78 is 41.1. The summed E-state index contributed by atoms with van der Waals surface area (Å²) in [6.45, 7) is 5.18. The van der Waals surface area contributed by atoms with Crippen LogP contribution in [0.2, 0.25) is 0 Å². The van der Waals surface area contributed by atoms with Crippen molar-refractivity contribution in [1.29, 1.82) is 0 Å². The van der Waals surface area contributed by atoms with Crippen LogP contribution in [-0.4, -0.2) is 25.8 Å². The van der Waals surface area contributed by atoms with Crippen molar-refractivity contribution in [2.24, 2.45) is 0 Å². The van der Waals surface area contributed by atoms with Crippen LogP contribution in [0.5, 0.6) is 0 Å². The predicted molar refractivity (Wildman–Crippen MR) is 74.3 cm³/mol. The Bertz CT molecular complexity index is 546. The molecule has 0 atom stereocenters. The van der Waals surface area contributed by atoms with Gasteiger partial charge in [0.1, 0.15) is 5.82 Å². The molecular weight excluding hydrogens is 323 g/mol. The number of nitrogens with one attached hydrogen (secondary N) is 1. The van der Waals surface area contributed by atoms with Crippen LogP contribution in [0.4, 0.5) is 10.1 Å². The molecule has 18 heavy (non-hydrogen) atoms. The van der Waals surface area contributed by atoms with Crippen LogP contribution >= 0.6 is 15.9 Å². The van der Waals surface area contributed by atoms with Gasteiger partial charge in [-0.1, -0.05) is 0 Å². The zero-order valence-corrected chi connectivity index (χ0v) is 13.1. The van der Waals surface area contributed by atoms with E-state index in [1.807, 2.05) is 0 Å². The Morgan fingerprint density at radius 2 is 1.94 bits per heavy atom. The Kier molecular flexibility index (Phi) is 4.74. The molecule has 1 aromatic rings. The van der Waals surface area contributed by atoms with Gasteiger partial charge in [0.25, 0.3) is 0 Å². The highest BCUT2D eigenvalue weighted by molar-refractivity contribution is 9.10. The van der Waals surface area contributed by atoms with Gasteiger partial charge in [0.2, 0.25) is 0 Å². The van der Waals surface area contributed by atoms with E-state index in [4.69, 9.17) is 0 Å². The van der Waals surface area contributed by atoms with E-state index < -0.39 is 16.0 Å². The standard InChI is InChI=1S/C11H16BrFN2O2S/c1-7(2)15(4)18(16,17)14-11-6-9(12)10(13)5-8(11)3/h5-7,14H,1-4H3. The molecule has 0 bridgehead atoms. The van der Waals surface area contributed by atoms with Crippen molar-refractivity contribution in [1.82, 2.24) is 4.31 Å². The normalized spacial score (nSPS) is 12.2. The number of aryl methyl sites for hydroxylation is 1. The first-order chi connectivity index (χ1) is 8.15. The number of halogens is 2. The minimum atomic E-state index is -3.62. The Labute approximate surface area is 115 Å². The van der Waals surface area contributed by atoms with Gasteiger partial charge in [-0.2, -0.15) is 12.7 Å². The number of anilines is 1. The number of rotatable bonds is 4. The summed E-state index contributed by atoms with van der Waals surface area (Å²) in [6, 6.07) is 2.53. The molecule has 0 amide bonds. The third-order valence-corrected chi connectivity index (χ3v) is 4.88. The van der Waals surface area contributed by atoms with Gasteiger partial charge in [-0.05, 0) is 54.4 Å². The van der Waals surface area contributed by atoms with Crippen LogP contribution in [0.25, 0.3) is 0 Å². The van der Waals surface area contributed by atoms with Crippen molar-refractivity contribution in [3.8, 4) is 0 Å². The molecule has 0 spiro atoms. The summed E-state index contributed by atoms with van der Waals surface area (Å²) in [5, 5.41) is 0. The molecule has 7 heteroatoms. The number of hydrogen-bond donors (Lipinski definition) is 1. The van der Waals surface area contributed by atoms with E-state index in [9.17, 15) is 12.8 Å². The molecule has 102 valence electrons. The van der Waals surface area contributed by atoms with Gasteiger partial charge in [0, 0.05) is 13.1 Å². The van der Waals surface area contributed by atoms with E-state index >= 15 is 0 Å². The molecule has 0 fully saturated rings. The first-order valence-electron chi connectivity index (χ1n) is 5.36. The molecule has 1 aromatic carbocycles. The molecule has 4 nitrogen and oxygen atoms in total. The summed E-state index contributed by atoms with van der Waals surface area (Å²) in [5.74, 6) is -0.423. The maximum Gasteiger partial charge on any atom is 0.301 e. The van der Waals surface area contributed by atoms with Crippen molar-refractivity contribution in [2.45, 2.75) is 26.8 Å². The van der Waals surface area contributed by atoms with E-state index in [0.29, 0.717) is 11.3 Å². The Hall–Kier alpha value is -0.660. The largest absolute Gasteiger partial charge is 0.301 e. The average molecular weight is 339 g/mol. The Morgan fingerprint density at radius 3 is 2.44 bits per heavy atom. The molecule has 0 aliphatic rings. The van der Waals surface area contributed by atoms with E-state index in [2.05, 4.69) is 20.7 Å². The lowest BCUT2D eigenvalue weighted by atomic mass is 10.2. The molecule has 0 saturated heterocycles. The molecular formula is C11H16BrFN2O2S. The van der Waals surface area contributed by atoms with Gasteiger partial charge in [-0.15, -0.1) is 0 Å². The van der Waals surface area contributed by atoms with Crippen LogP contribution in [0, 0.1) is 12.7 Å². The Balaban J connectivity index is 3.09. The molecule has 0 saturated carbocycles. The first kappa shape index (κ1) is 15.4. The van der Waals surface area contributed by atoms with Crippen LogP contribution in [0.1, 0.15) is 19.4 Å².